The fourth-order valence-corrected chi connectivity index (χ4v) is 1.53. The molecule has 3 nitrogen and oxygen atoms in total. The molecule has 0 saturated heterocycles. The predicted molar refractivity (Wildman–Crippen MR) is 66.4 cm³/mol. The van der Waals surface area contributed by atoms with Crippen LogP contribution < -0.4 is 4.74 Å². The second-order valence-corrected chi connectivity index (χ2v) is 4.03. The molecule has 1 atom stereocenters. The smallest absolute Gasteiger partial charge is 0.146 e. The van der Waals surface area contributed by atoms with Crippen LogP contribution >= 0.6 is 11.6 Å². The van der Waals surface area contributed by atoms with Crippen LogP contribution in [0.5, 0.6) is 11.5 Å². The van der Waals surface area contributed by atoms with Gasteiger partial charge >= 0.3 is 0 Å². The van der Waals surface area contributed by atoms with Gasteiger partial charge in [0.1, 0.15) is 11.5 Å². The number of halogens is 1. The minimum Gasteiger partial charge on any atom is -0.454 e. The number of aromatic nitrogens is 1. The Morgan fingerprint density at radius 2 is 2.00 bits per heavy atom. The summed E-state index contributed by atoms with van der Waals surface area (Å²) in [7, 11) is 0. The lowest BCUT2D eigenvalue weighted by atomic mass is 10.2. The molecule has 0 aliphatic rings. The Hall–Kier alpha value is -1.58. The van der Waals surface area contributed by atoms with Crippen molar-refractivity contribution in [3.05, 3.63) is 53.3 Å². The van der Waals surface area contributed by atoms with Gasteiger partial charge in [0.25, 0.3) is 0 Å². The topological polar surface area (TPSA) is 42.4 Å². The molecule has 0 spiro atoms. The van der Waals surface area contributed by atoms with Crippen LogP contribution in [0, 0.1) is 0 Å². The lowest BCUT2D eigenvalue weighted by Crippen LogP contribution is -1.95. The SMILES string of the molecule is C[C@@H](O)c1ccc(Oc2ccccc2Cl)cn1. The minimum atomic E-state index is -0.579. The average molecular weight is 250 g/mol. The van der Waals surface area contributed by atoms with Gasteiger partial charge in [0, 0.05) is 0 Å². The zero-order valence-corrected chi connectivity index (χ0v) is 10.1. The third-order valence-electron chi connectivity index (χ3n) is 2.25. The van der Waals surface area contributed by atoms with Crippen molar-refractivity contribution in [1.29, 1.82) is 0 Å². The Morgan fingerprint density at radius 3 is 2.59 bits per heavy atom. The average Bonchev–Trinajstić information content (AvgIpc) is 2.33. The molecule has 0 aliphatic heterocycles. The first-order chi connectivity index (χ1) is 8.16. The van der Waals surface area contributed by atoms with Crippen molar-refractivity contribution in [3.8, 4) is 11.5 Å². The van der Waals surface area contributed by atoms with E-state index in [1.54, 1.807) is 37.4 Å². The van der Waals surface area contributed by atoms with Crippen LogP contribution in [0.2, 0.25) is 5.02 Å². The Labute approximate surface area is 105 Å². The van der Waals surface area contributed by atoms with Crippen LogP contribution in [-0.4, -0.2) is 10.1 Å². The van der Waals surface area contributed by atoms with Gasteiger partial charge in [-0.2, -0.15) is 0 Å². The Balaban J connectivity index is 2.17. The maximum atomic E-state index is 9.32. The van der Waals surface area contributed by atoms with Crippen molar-refractivity contribution in [2.45, 2.75) is 13.0 Å². The number of pyridine rings is 1. The summed E-state index contributed by atoms with van der Waals surface area (Å²) in [6.45, 7) is 1.66. The third kappa shape index (κ3) is 2.96. The van der Waals surface area contributed by atoms with Gasteiger partial charge < -0.3 is 9.84 Å². The van der Waals surface area contributed by atoms with Gasteiger partial charge in [-0.05, 0) is 31.2 Å². The quantitative estimate of drug-likeness (QED) is 0.904. The molecule has 1 heterocycles. The molecule has 0 saturated carbocycles. The second-order valence-electron chi connectivity index (χ2n) is 3.63. The number of aliphatic hydroxyl groups is 1. The molecule has 1 aromatic heterocycles. The number of nitrogens with zero attached hydrogens (tertiary/aromatic N) is 1. The fourth-order valence-electron chi connectivity index (χ4n) is 1.35. The molecule has 1 N–H and O–H groups in total. The van der Waals surface area contributed by atoms with E-state index in [4.69, 9.17) is 16.3 Å². The Bertz CT molecular complexity index is 497. The van der Waals surface area contributed by atoms with Crippen LogP contribution in [0.3, 0.4) is 0 Å². The van der Waals surface area contributed by atoms with E-state index in [2.05, 4.69) is 4.98 Å². The van der Waals surface area contributed by atoms with Crippen molar-refractivity contribution in [2.24, 2.45) is 0 Å². The summed E-state index contributed by atoms with van der Waals surface area (Å²) in [5.41, 5.74) is 0.608. The molecule has 0 radical (unpaired) electrons. The van der Waals surface area contributed by atoms with Gasteiger partial charge in [0.15, 0.2) is 0 Å². The van der Waals surface area contributed by atoms with E-state index in [-0.39, 0.29) is 0 Å². The number of rotatable bonds is 3. The summed E-state index contributed by atoms with van der Waals surface area (Å²) in [6.07, 6.45) is 0.982. The summed E-state index contributed by atoms with van der Waals surface area (Å²) in [5, 5.41) is 9.87. The number of aliphatic hydroxyl groups excluding tert-OH is 1. The molecule has 0 amide bonds. The molecular weight excluding hydrogens is 238 g/mol. The van der Waals surface area contributed by atoms with Crippen molar-refractivity contribution in [2.75, 3.05) is 0 Å². The van der Waals surface area contributed by atoms with Crippen LogP contribution in [-0.2, 0) is 0 Å². The largest absolute Gasteiger partial charge is 0.454 e. The summed E-state index contributed by atoms with van der Waals surface area (Å²) in [6, 6.07) is 10.7. The molecule has 17 heavy (non-hydrogen) atoms. The molecule has 88 valence electrons. The number of ether oxygens (including phenoxy) is 1. The number of hydrogen-bond acceptors (Lipinski definition) is 3. The highest BCUT2D eigenvalue weighted by Gasteiger charge is 2.04. The molecule has 1 aromatic carbocycles. The van der Waals surface area contributed by atoms with Crippen molar-refractivity contribution in [3.63, 3.8) is 0 Å². The lowest BCUT2D eigenvalue weighted by Gasteiger charge is -2.08. The summed E-state index contributed by atoms with van der Waals surface area (Å²) in [4.78, 5) is 4.09. The first-order valence-corrected chi connectivity index (χ1v) is 5.61. The minimum absolute atomic E-state index is 0.548. The monoisotopic (exact) mass is 249 g/mol. The highest BCUT2D eigenvalue weighted by atomic mass is 35.5. The van der Waals surface area contributed by atoms with Crippen molar-refractivity contribution < 1.29 is 9.84 Å². The number of para-hydroxylation sites is 1. The standard InChI is InChI=1S/C13H12ClNO2/c1-9(16)12-7-6-10(8-15-12)17-13-5-3-2-4-11(13)14/h2-9,16H,1H3/t9-/m1/s1. The first-order valence-electron chi connectivity index (χ1n) is 5.23. The van der Waals surface area contributed by atoms with Crippen LogP contribution in [0.1, 0.15) is 18.7 Å². The molecule has 2 aromatic rings. The zero-order valence-electron chi connectivity index (χ0n) is 9.30. The highest BCUT2D eigenvalue weighted by molar-refractivity contribution is 6.32. The number of hydrogen-bond donors (Lipinski definition) is 1. The molecular formula is C13H12ClNO2. The van der Waals surface area contributed by atoms with E-state index < -0.39 is 6.10 Å². The lowest BCUT2D eigenvalue weighted by molar-refractivity contribution is 0.194. The van der Waals surface area contributed by atoms with Crippen LogP contribution in [0.4, 0.5) is 0 Å². The van der Waals surface area contributed by atoms with E-state index in [0.717, 1.165) is 0 Å². The molecule has 0 fully saturated rings. The maximum Gasteiger partial charge on any atom is 0.146 e. The molecule has 4 heteroatoms. The molecule has 0 unspecified atom stereocenters. The van der Waals surface area contributed by atoms with Gasteiger partial charge in [0.2, 0.25) is 0 Å². The van der Waals surface area contributed by atoms with E-state index in [1.807, 2.05) is 12.1 Å². The second kappa shape index (κ2) is 5.17. The molecule has 2 rings (SSSR count). The molecule has 0 bridgehead atoms. The van der Waals surface area contributed by atoms with Gasteiger partial charge in [-0.25, -0.2) is 0 Å². The van der Waals surface area contributed by atoms with E-state index in [1.165, 1.54) is 0 Å². The Morgan fingerprint density at radius 1 is 1.24 bits per heavy atom. The number of benzene rings is 1. The summed E-state index contributed by atoms with van der Waals surface area (Å²) < 4.78 is 5.57. The van der Waals surface area contributed by atoms with Crippen LogP contribution in [0.15, 0.2) is 42.6 Å². The highest BCUT2D eigenvalue weighted by Crippen LogP contribution is 2.28. The summed E-state index contributed by atoms with van der Waals surface area (Å²) >= 11 is 5.97. The van der Waals surface area contributed by atoms with E-state index >= 15 is 0 Å². The third-order valence-corrected chi connectivity index (χ3v) is 2.56. The predicted octanol–water partition coefficient (Wildman–Crippen LogP) is 3.58. The first kappa shape index (κ1) is 11.9. The van der Waals surface area contributed by atoms with E-state index in [9.17, 15) is 5.11 Å². The van der Waals surface area contributed by atoms with Crippen molar-refractivity contribution in [1.82, 2.24) is 4.98 Å². The maximum absolute atomic E-state index is 9.32. The normalized spacial score (nSPS) is 12.2. The van der Waals surface area contributed by atoms with Gasteiger partial charge in [-0.15, -0.1) is 0 Å². The van der Waals surface area contributed by atoms with Gasteiger partial charge in [0.05, 0.1) is 23.0 Å². The zero-order chi connectivity index (χ0) is 12.3. The fraction of sp³-hybridized carbons (Fsp3) is 0.154. The van der Waals surface area contributed by atoms with Crippen molar-refractivity contribution >= 4 is 11.6 Å². The Kier molecular flexibility index (Phi) is 3.61. The van der Waals surface area contributed by atoms with Gasteiger partial charge in [-0.1, -0.05) is 23.7 Å². The van der Waals surface area contributed by atoms with E-state index in [0.29, 0.717) is 22.2 Å². The van der Waals surface area contributed by atoms with Gasteiger partial charge in [-0.3, -0.25) is 4.98 Å². The van der Waals surface area contributed by atoms with Crippen LogP contribution in [0.25, 0.3) is 0 Å². The summed E-state index contributed by atoms with van der Waals surface area (Å²) in [5.74, 6) is 1.17. The molecule has 0 aliphatic carbocycles.